The molecule has 0 aliphatic heterocycles. The maximum absolute atomic E-state index is 15.2. The number of aliphatic hydroxyl groups excluding tert-OH is 1. The molecule has 34 heavy (non-hydrogen) atoms. The molecule has 3 aromatic rings. The number of imidazole rings is 1. The molecule has 10 heteroatoms. The molecule has 1 heterocycles. The standard InChI is InChI=1S/C24H27F4N3O3/c1-13-8-6-7-9-18(13)29-21(32)16-10-17(25)15(11-20(16)34-14(2)24(26,27)28)19-12-31(5)22(30-19)23(3,4)33/h6-12,14,21,29,32-33H,1-5H3/t14-,21?/m0/s1. The Kier molecular flexibility index (Phi) is 6.95. The van der Waals surface area contributed by atoms with E-state index in [1.807, 2.05) is 0 Å². The van der Waals surface area contributed by atoms with Crippen LogP contribution in [0.25, 0.3) is 11.3 Å². The molecule has 0 spiro atoms. The minimum Gasteiger partial charge on any atom is -0.481 e. The molecular formula is C24H27F4N3O3. The van der Waals surface area contributed by atoms with Crippen molar-refractivity contribution in [3.8, 4) is 17.0 Å². The number of nitrogens with one attached hydrogen (secondary N) is 1. The molecule has 0 saturated carbocycles. The van der Waals surface area contributed by atoms with Gasteiger partial charge in [0.05, 0.1) is 5.69 Å². The lowest BCUT2D eigenvalue weighted by Gasteiger charge is -2.23. The molecule has 0 saturated heterocycles. The highest BCUT2D eigenvalue weighted by Crippen LogP contribution is 2.37. The zero-order valence-electron chi connectivity index (χ0n) is 19.4. The summed E-state index contributed by atoms with van der Waals surface area (Å²) in [6.45, 7) is 5.61. The molecule has 184 valence electrons. The second kappa shape index (κ2) is 9.27. The summed E-state index contributed by atoms with van der Waals surface area (Å²) < 4.78 is 61.5. The molecule has 3 N–H and O–H groups in total. The van der Waals surface area contributed by atoms with Crippen molar-refractivity contribution in [2.75, 3.05) is 5.32 Å². The normalized spacial score (nSPS) is 14.1. The molecule has 1 aromatic heterocycles. The molecule has 3 rings (SSSR count). The number of ether oxygens (including phenoxy) is 1. The highest BCUT2D eigenvalue weighted by Gasteiger charge is 2.39. The van der Waals surface area contributed by atoms with Crippen LogP contribution in [-0.4, -0.2) is 32.0 Å². The molecule has 0 aliphatic carbocycles. The van der Waals surface area contributed by atoms with E-state index in [9.17, 15) is 23.4 Å². The van der Waals surface area contributed by atoms with Crippen LogP contribution in [0.1, 0.15) is 44.0 Å². The van der Waals surface area contributed by atoms with Gasteiger partial charge >= 0.3 is 6.18 Å². The van der Waals surface area contributed by atoms with Gasteiger partial charge in [0.25, 0.3) is 0 Å². The second-order valence-corrected chi connectivity index (χ2v) is 8.65. The van der Waals surface area contributed by atoms with Crippen LogP contribution in [0, 0.1) is 12.7 Å². The second-order valence-electron chi connectivity index (χ2n) is 8.65. The molecule has 0 amide bonds. The monoisotopic (exact) mass is 481 g/mol. The van der Waals surface area contributed by atoms with Crippen LogP contribution in [0.4, 0.5) is 23.2 Å². The number of benzene rings is 2. The summed E-state index contributed by atoms with van der Waals surface area (Å²) in [4.78, 5) is 4.25. The lowest BCUT2D eigenvalue weighted by atomic mass is 10.0. The number of aromatic nitrogens is 2. The minimum atomic E-state index is -4.68. The van der Waals surface area contributed by atoms with Gasteiger partial charge in [-0.05, 0) is 51.5 Å². The van der Waals surface area contributed by atoms with Crippen molar-refractivity contribution in [3.05, 3.63) is 65.4 Å². The van der Waals surface area contributed by atoms with Crippen LogP contribution in [0.5, 0.6) is 5.75 Å². The third kappa shape index (κ3) is 5.51. The van der Waals surface area contributed by atoms with E-state index in [4.69, 9.17) is 4.74 Å². The van der Waals surface area contributed by atoms with Crippen molar-refractivity contribution in [2.45, 2.75) is 51.8 Å². The molecule has 0 bridgehead atoms. The zero-order valence-corrected chi connectivity index (χ0v) is 19.4. The Hall–Kier alpha value is -3.11. The number of anilines is 1. The number of aryl methyl sites for hydroxylation is 2. The summed E-state index contributed by atoms with van der Waals surface area (Å²) in [5.74, 6) is -0.948. The van der Waals surface area contributed by atoms with Gasteiger partial charge in [-0.3, -0.25) is 0 Å². The molecule has 1 unspecified atom stereocenters. The fourth-order valence-corrected chi connectivity index (χ4v) is 3.46. The van der Waals surface area contributed by atoms with Gasteiger partial charge in [-0.1, -0.05) is 18.2 Å². The first-order chi connectivity index (χ1) is 15.7. The maximum Gasteiger partial charge on any atom is 0.425 e. The largest absolute Gasteiger partial charge is 0.481 e. The van der Waals surface area contributed by atoms with Gasteiger partial charge in [0, 0.05) is 30.1 Å². The van der Waals surface area contributed by atoms with Gasteiger partial charge in [0.2, 0.25) is 0 Å². The van der Waals surface area contributed by atoms with E-state index >= 15 is 4.39 Å². The molecule has 6 nitrogen and oxygen atoms in total. The number of aliphatic hydroxyl groups is 2. The zero-order chi connectivity index (χ0) is 25.4. The molecule has 2 aromatic carbocycles. The van der Waals surface area contributed by atoms with Gasteiger partial charge in [0.15, 0.2) is 12.3 Å². The van der Waals surface area contributed by atoms with Gasteiger partial charge in [-0.25, -0.2) is 9.37 Å². The number of hydrogen-bond donors (Lipinski definition) is 3. The predicted molar refractivity (Wildman–Crippen MR) is 120 cm³/mol. The smallest absolute Gasteiger partial charge is 0.425 e. The van der Waals surface area contributed by atoms with Crippen molar-refractivity contribution in [1.82, 2.24) is 9.55 Å². The Morgan fingerprint density at radius 1 is 1.15 bits per heavy atom. The Labute approximate surface area is 194 Å². The maximum atomic E-state index is 15.2. The summed E-state index contributed by atoms with van der Waals surface area (Å²) in [5, 5.41) is 23.8. The van der Waals surface area contributed by atoms with E-state index in [-0.39, 0.29) is 28.4 Å². The summed E-state index contributed by atoms with van der Waals surface area (Å²) in [7, 11) is 1.61. The number of alkyl halides is 3. The van der Waals surface area contributed by atoms with E-state index in [1.54, 1.807) is 38.2 Å². The van der Waals surface area contributed by atoms with E-state index < -0.39 is 29.9 Å². The average Bonchev–Trinajstić information content (AvgIpc) is 3.11. The van der Waals surface area contributed by atoms with Crippen molar-refractivity contribution in [3.63, 3.8) is 0 Å². The van der Waals surface area contributed by atoms with Crippen LogP contribution in [0.15, 0.2) is 42.6 Å². The molecule has 0 radical (unpaired) electrons. The Morgan fingerprint density at radius 3 is 2.35 bits per heavy atom. The summed E-state index contributed by atoms with van der Waals surface area (Å²) in [6, 6.07) is 8.96. The minimum absolute atomic E-state index is 0.0922. The lowest BCUT2D eigenvalue weighted by Crippen LogP contribution is -2.31. The van der Waals surface area contributed by atoms with Gasteiger partial charge in [-0.2, -0.15) is 13.2 Å². The number of halogens is 4. The number of para-hydroxylation sites is 1. The topological polar surface area (TPSA) is 79.5 Å². The molecular weight excluding hydrogens is 454 g/mol. The van der Waals surface area contributed by atoms with Crippen molar-refractivity contribution in [2.24, 2.45) is 7.05 Å². The highest BCUT2D eigenvalue weighted by atomic mass is 19.4. The number of rotatable bonds is 7. The molecule has 0 aliphatic rings. The molecule has 2 atom stereocenters. The van der Waals surface area contributed by atoms with Crippen molar-refractivity contribution in [1.29, 1.82) is 0 Å². The van der Waals surface area contributed by atoms with E-state index in [1.165, 1.54) is 24.6 Å². The van der Waals surface area contributed by atoms with Gasteiger partial charge in [0.1, 0.15) is 23.0 Å². The Morgan fingerprint density at radius 2 is 1.79 bits per heavy atom. The number of nitrogens with zero attached hydrogens (tertiary/aromatic N) is 2. The fraction of sp³-hybridized carbons (Fsp3) is 0.375. The van der Waals surface area contributed by atoms with Crippen LogP contribution in [0.3, 0.4) is 0 Å². The summed E-state index contributed by atoms with van der Waals surface area (Å²) in [6.07, 6.45) is -7.01. The Balaban J connectivity index is 2.09. The van der Waals surface area contributed by atoms with E-state index in [0.717, 1.165) is 24.6 Å². The predicted octanol–water partition coefficient (Wildman–Crippen LogP) is 5.19. The van der Waals surface area contributed by atoms with Crippen LogP contribution >= 0.6 is 0 Å². The van der Waals surface area contributed by atoms with Crippen LogP contribution in [-0.2, 0) is 12.6 Å². The SMILES string of the molecule is Cc1ccccc1NC(O)c1cc(F)c(-c2cn(C)c(C(C)(C)O)n2)cc1O[C@@H](C)C(F)(F)F. The van der Waals surface area contributed by atoms with Crippen molar-refractivity contribution >= 4 is 5.69 Å². The molecule has 0 fully saturated rings. The first-order valence-corrected chi connectivity index (χ1v) is 10.5. The van der Waals surface area contributed by atoms with Crippen molar-refractivity contribution < 1.29 is 32.5 Å². The Bertz CT molecular complexity index is 1170. The summed E-state index contributed by atoms with van der Waals surface area (Å²) in [5.41, 5.74) is -0.288. The number of hydrogen-bond acceptors (Lipinski definition) is 5. The van der Waals surface area contributed by atoms with Crippen LogP contribution in [0.2, 0.25) is 0 Å². The quantitative estimate of drug-likeness (QED) is 0.320. The van der Waals surface area contributed by atoms with E-state index in [0.29, 0.717) is 5.69 Å². The van der Waals surface area contributed by atoms with Gasteiger partial charge in [-0.15, -0.1) is 0 Å². The highest BCUT2D eigenvalue weighted by molar-refractivity contribution is 5.64. The first kappa shape index (κ1) is 25.5. The first-order valence-electron chi connectivity index (χ1n) is 10.5. The van der Waals surface area contributed by atoms with E-state index in [2.05, 4.69) is 10.3 Å². The third-order valence-corrected chi connectivity index (χ3v) is 5.30. The fourth-order valence-electron chi connectivity index (χ4n) is 3.46. The van der Waals surface area contributed by atoms with Gasteiger partial charge < -0.3 is 24.8 Å². The summed E-state index contributed by atoms with van der Waals surface area (Å²) >= 11 is 0. The lowest BCUT2D eigenvalue weighted by molar-refractivity contribution is -0.189. The van der Waals surface area contributed by atoms with Crippen LogP contribution < -0.4 is 10.1 Å². The average molecular weight is 481 g/mol. The third-order valence-electron chi connectivity index (χ3n) is 5.30.